The van der Waals surface area contributed by atoms with Gasteiger partial charge in [-0.15, -0.1) is 11.3 Å². The van der Waals surface area contributed by atoms with Crippen LogP contribution in [0.2, 0.25) is 0 Å². The Hall–Kier alpha value is -0.340. The van der Waals surface area contributed by atoms with Crippen molar-refractivity contribution in [2.45, 2.75) is 71.3 Å². The number of hydrogen-bond donors (Lipinski definition) is 1. The van der Waals surface area contributed by atoms with Gasteiger partial charge in [-0.2, -0.15) is 0 Å². The summed E-state index contributed by atoms with van der Waals surface area (Å²) in [5.41, 5.74) is 1.68. The maximum Gasteiger partial charge on any atom is 0.0164 e. The number of fused-ring (bicyclic) bond motifs is 1. The normalized spacial score (nSPS) is 34.4. The molecule has 3 rings (SSSR count). The molecule has 0 aromatic carbocycles. The molecule has 1 nitrogen and oxygen atoms in total. The number of thiophene rings is 1. The smallest absolute Gasteiger partial charge is 0.0164 e. The summed E-state index contributed by atoms with van der Waals surface area (Å²) in [7, 11) is 0. The number of likely N-dealkylation sites (N-methyl/N-ethyl adjacent to an activating group) is 1. The zero-order valence-corrected chi connectivity index (χ0v) is 14.7. The molecule has 5 atom stereocenters. The van der Waals surface area contributed by atoms with Crippen molar-refractivity contribution in [1.29, 1.82) is 0 Å². The van der Waals surface area contributed by atoms with Crippen molar-refractivity contribution in [3.63, 3.8) is 0 Å². The molecule has 1 saturated carbocycles. The monoisotopic (exact) mass is 305 g/mol. The van der Waals surface area contributed by atoms with E-state index in [0.717, 1.165) is 30.2 Å². The minimum Gasteiger partial charge on any atom is -0.313 e. The Labute approximate surface area is 134 Å². The molecule has 0 saturated heterocycles. The maximum atomic E-state index is 3.89. The fourth-order valence-electron chi connectivity index (χ4n) is 4.68. The van der Waals surface area contributed by atoms with Crippen LogP contribution in [0.3, 0.4) is 0 Å². The van der Waals surface area contributed by atoms with E-state index in [4.69, 9.17) is 0 Å². The molecule has 21 heavy (non-hydrogen) atoms. The van der Waals surface area contributed by atoms with Crippen LogP contribution in [-0.2, 0) is 6.42 Å². The molecule has 0 radical (unpaired) electrons. The Bertz CT molecular complexity index is 452. The molecule has 1 heterocycles. The van der Waals surface area contributed by atoms with Gasteiger partial charge in [0.25, 0.3) is 0 Å². The minimum atomic E-state index is 0.707. The summed E-state index contributed by atoms with van der Waals surface area (Å²) >= 11 is 1.98. The molecular weight excluding hydrogens is 274 g/mol. The first kappa shape index (κ1) is 15.6. The topological polar surface area (TPSA) is 12.0 Å². The second-order valence-electron chi connectivity index (χ2n) is 7.41. The Morgan fingerprint density at radius 3 is 2.86 bits per heavy atom. The van der Waals surface area contributed by atoms with E-state index in [1.165, 1.54) is 38.5 Å². The highest BCUT2D eigenvalue weighted by Gasteiger charge is 2.36. The zero-order chi connectivity index (χ0) is 14.8. The lowest BCUT2D eigenvalue weighted by atomic mass is 9.68. The van der Waals surface area contributed by atoms with Crippen molar-refractivity contribution in [2.75, 3.05) is 6.54 Å². The van der Waals surface area contributed by atoms with Crippen LogP contribution in [0.1, 0.15) is 69.2 Å². The van der Waals surface area contributed by atoms with Crippen LogP contribution in [-0.4, -0.2) is 12.6 Å². The Morgan fingerprint density at radius 1 is 1.24 bits per heavy atom. The second kappa shape index (κ2) is 6.83. The van der Waals surface area contributed by atoms with Gasteiger partial charge < -0.3 is 5.32 Å². The molecule has 2 aliphatic rings. The average molecular weight is 306 g/mol. The summed E-state index contributed by atoms with van der Waals surface area (Å²) in [5, 5.41) is 6.21. The first-order valence-corrected chi connectivity index (χ1v) is 9.88. The van der Waals surface area contributed by atoms with Crippen molar-refractivity contribution in [3.8, 4) is 0 Å². The molecule has 118 valence electrons. The van der Waals surface area contributed by atoms with Gasteiger partial charge >= 0.3 is 0 Å². The Balaban J connectivity index is 1.79. The summed E-state index contributed by atoms with van der Waals surface area (Å²) in [5.74, 6) is 3.47. The van der Waals surface area contributed by atoms with Gasteiger partial charge in [-0.25, -0.2) is 0 Å². The van der Waals surface area contributed by atoms with E-state index >= 15 is 0 Å². The molecule has 0 spiro atoms. The van der Waals surface area contributed by atoms with Crippen LogP contribution in [0.25, 0.3) is 0 Å². The quantitative estimate of drug-likeness (QED) is 0.804. The predicted octanol–water partition coefficient (Wildman–Crippen LogP) is 5.22. The van der Waals surface area contributed by atoms with Crippen molar-refractivity contribution < 1.29 is 0 Å². The van der Waals surface area contributed by atoms with Crippen LogP contribution in [0.4, 0.5) is 0 Å². The molecule has 0 aliphatic heterocycles. The molecule has 1 fully saturated rings. The highest BCUT2D eigenvalue weighted by atomic mass is 32.1. The van der Waals surface area contributed by atoms with E-state index in [9.17, 15) is 0 Å². The van der Waals surface area contributed by atoms with Crippen LogP contribution < -0.4 is 5.32 Å². The Morgan fingerprint density at radius 2 is 2.10 bits per heavy atom. The van der Waals surface area contributed by atoms with E-state index in [-0.39, 0.29) is 0 Å². The Kier molecular flexibility index (Phi) is 5.06. The largest absolute Gasteiger partial charge is 0.313 e. The fraction of sp³-hybridized carbons (Fsp3) is 0.789. The standard InChI is InChI=1S/C19H31NS/c1-4-20-19(15-9-8-13(2)14(3)12-15)17-6-5-7-18-16(17)10-11-21-18/h10-11,13-15,17,19-20H,4-9,12H2,1-3H3. The van der Waals surface area contributed by atoms with Gasteiger partial charge in [-0.3, -0.25) is 0 Å². The summed E-state index contributed by atoms with van der Waals surface area (Å²) in [6, 6.07) is 3.13. The van der Waals surface area contributed by atoms with E-state index in [0.29, 0.717) is 6.04 Å². The summed E-state index contributed by atoms with van der Waals surface area (Å²) in [6.07, 6.45) is 8.38. The number of nitrogens with one attached hydrogen (secondary N) is 1. The van der Waals surface area contributed by atoms with Crippen LogP contribution in [0.15, 0.2) is 11.4 Å². The molecular formula is C19H31NS. The molecule has 0 bridgehead atoms. The predicted molar refractivity (Wildman–Crippen MR) is 93.1 cm³/mol. The van der Waals surface area contributed by atoms with Gasteiger partial charge in [0.15, 0.2) is 0 Å². The van der Waals surface area contributed by atoms with Crippen LogP contribution in [0.5, 0.6) is 0 Å². The molecule has 5 unspecified atom stereocenters. The van der Waals surface area contributed by atoms with Gasteiger partial charge in [0.1, 0.15) is 0 Å². The molecule has 2 aliphatic carbocycles. The van der Waals surface area contributed by atoms with Crippen LogP contribution >= 0.6 is 11.3 Å². The SMILES string of the molecule is CCNC(C1CCC(C)C(C)C1)C1CCCc2sccc21. The van der Waals surface area contributed by atoms with Crippen LogP contribution in [0, 0.1) is 17.8 Å². The highest BCUT2D eigenvalue weighted by molar-refractivity contribution is 7.10. The van der Waals surface area contributed by atoms with E-state index < -0.39 is 0 Å². The van der Waals surface area contributed by atoms with Gasteiger partial charge in [-0.05, 0) is 73.4 Å². The lowest BCUT2D eigenvalue weighted by Crippen LogP contribution is -2.44. The third kappa shape index (κ3) is 3.22. The second-order valence-corrected chi connectivity index (χ2v) is 8.41. The van der Waals surface area contributed by atoms with Crippen molar-refractivity contribution in [2.24, 2.45) is 17.8 Å². The van der Waals surface area contributed by atoms with E-state index in [1.54, 1.807) is 10.4 Å². The summed E-state index contributed by atoms with van der Waals surface area (Å²) in [6.45, 7) is 8.30. The third-order valence-electron chi connectivity index (χ3n) is 6.12. The average Bonchev–Trinajstić information content (AvgIpc) is 2.96. The molecule has 1 N–H and O–H groups in total. The number of rotatable bonds is 4. The van der Waals surface area contributed by atoms with Crippen molar-refractivity contribution >= 4 is 11.3 Å². The highest BCUT2D eigenvalue weighted by Crippen LogP contribution is 2.43. The molecule has 0 amide bonds. The van der Waals surface area contributed by atoms with Crippen molar-refractivity contribution in [3.05, 3.63) is 21.9 Å². The van der Waals surface area contributed by atoms with Gasteiger partial charge in [0.2, 0.25) is 0 Å². The first-order valence-electron chi connectivity index (χ1n) is 9.00. The zero-order valence-electron chi connectivity index (χ0n) is 13.9. The number of aryl methyl sites for hydroxylation is 1. The lowest BCUT2D eigenvalue weighted by Gasteiger charge is -2.41. The molecule has 2 heteroatoms. The fourth-order valence-corrected chi connectivity index (χ4v) is 5.68. The van der Waals surface area contributed by atoms with Crippen molar-refractivity contribution in [1.82, 2.24) is 5.32 Å². The summed E-state index contributed by atoms with van der Waals surface area (Å²) in [4.78, 5) is 1.67. The maximum absolute atomic E-state index is 3.89. The van der Waals surface area contributed by atoms with E-state index in [1.807, 2.05) is 11.3 Å². The minimum absolute atomic E-state index is 0.707. The van der Waals surface area contributed by atoms with E-state index in [2.05, 4.69) is 37.5 Å². The van der Waals surface area contributed by atoms with Gasteiger partial charge in [0.05, 0.1) is 0 Å². The number of hydrogen-bond acceptors (Lipinski definition) is 2. The first-order chi connectivity index (χ1) is 10.2. The lowest BCUT2D eigenvalue weighted by molar-refractivity contribution is 0.154. The molecule has 1 aromatic rings. The summed E-state index contributed by atoms with van der Waals surface area (Å²) < 4.78 is 0. The molecule has 1 aromatic heterocycles. The van der Waals surface area contributed by atoms with Gasteiger partial charge in [0, 0.05) is 16.8 Å². The van der Waals surface area contributed by atoms with Gasteiger partial charge in [-0.1, -0.05) is 27.2 Å². The third-order valence-corrected chi connectivity index (χ3v) is 7.11.